The van der Waals surface area contributed by atoms with Gasteiger partial charge in [-0.05, 0) is 69.8 Å². The van der Waals surface area contributed by atoms with Crippen LogP contribution in [0.3, 0.4) is 0 Å². The molecular weight excluding hydrogens is 800 g/mol. The first kappa shape index (κ1) is 33.3. The van der Waals surface area contributed by atoms with Crippen molar-refractivity contribution in [1.82, 2.24) is 9.97 Å². The Morgan fingerprint density at radius 3 is 2.12 bits per heavy atom. The SMILES string of the molecule is [2H]C(C)(C)c1cc(-c2[c-]cccc2)ncc1[Si](C)(C)C.[2H]C(C)(C)c1ccnc(-c2[c-]cc3oc4ccc(-c5ccc(F)cc5)cc4c3c2)c1.[Ir]. The molecule has 3 aromatic heterocycles. The van der Waals surface area contributed by atoms with Crippen molar-refractivity contribution in [1.29, 1.82) is 0 Å². The number of hydrogen-bond donors (Lipinski definition) is 0. The Balaban J connectivity index is 0.000000211. The van der Waals surface area contributed by atoms with Crippen molar-refractivity contribution in [3.8, 4) is 33.6 Å². The molecule has 0 amide bonds. The van der Waals surface area contributed by atoms with Crippen LogP contribution in [0.15, 0.2) is 114 Å². The molecule has 0 saturated carbocycles. The van der Waals surface area contributed by atoms with E-state index in [1.807, 2.05) is 94.6 Å². The van der Waals surface area contributed by atoms with Crippen LogP contribution in [0.4, 0.5) is 4.39 Å². The van der Waals surface area contributed by atoms with Crippen molar-refractivity contribution in [3.63, 3.8) is 0 Å². The molecule has 0 aliphatic rings. The number of nitrogens with zero attached hydrogens (tertiary/aromatic N) is 2. The fraction of sp³-hybridized carbons (Fsp3) is 0.209. The molecule has 0 fully saturated rings. The molecule has 3 nitrogen and oxygen atoms in total. The van der Waals surface area contributed by atoms with Gasteiger partial charge < -0.3 is 14.4 Å². The second-order valence-corrected chi connectivity index (χ2v) is 18.6. The number of rotatable bonds is 6. The van der Waals surface area contributed by atoms with Gasteiger partial charge in [0.25, 0.3) is 0 Å². The van der Waals surface area contributed by atoms with Crippen molar-refractivity contribution in [2.75, 3.05) is 0 Å². The molecule has 6 heteroatoms. The third-order valence-electron chi connectivity index (χ3n) is 8.43. The minimum Gasteiger partial charge on any atom is -0.500 e. The van der Waals surface area contributed by atoms with Crippen molar-refractivity contribution in [2.45, 2.75) is 59.1 Å². The summed E-state index contributed by atoms with van der Waals surface area (Å²) in [6, 6.07) is 36.5. The van der Waals surface area contributed by atoms with Crippen molar-refractivity contribution in [2.24, 2.45) is 0 Å². The standard InChI is InChI=1S/C26H19FNO.C17H22NSi.Ir/c1-16(2)18-11-12-28-24(15-18)20-6-10-26-23(14-20)22-13-19(5-9-25(22)29-26)17-3-7-21(27)8-4-17;1-13(2)15-11-16(14-9-7-6-8-10-14)18-12-17(15)19(3,4)5;/h3-5,7-16H,1-2H3;6-9,11-13H,1-5H3;/q2*-1;/i16D;13D;. The third kappa shape index (κ3) is 8.16. The molecule has 251 valence electrons. The monoisotopic (exact) mass is 843 g/mol. The van der Waals surface area contributed by atoms with Crippen LogP contribution in [0.2, 0.25) is 19.6 Å². The Labute approximate surface area is 306 Å². The van der Waals surface area contributed by atoms with Gasteiger partial charge in [0.1, 0.15) is 11.4 Å². The van der Waals surface area contributed by atoms with Gasteiger partial charge in [-0.25, -0.2) is 4.39 Å². The second-order valence-electron chi connectivity index (χ2n) is 13.5. The summed E-state index contributed by atoms with van der Waals surface area (Å²) in [4.78, 5) is 9.10. The van der Waals surface area contributed by atoms with Gasteiger partial charge in [0.15, 0.2) is 0 Å². The first-order chi connectivity index (χ1) is 23.6. The van der Waals surface area contributed by atoms with Crippen LogP contribution in [0.1, 0.15) is 53.4 Å². The van der Waals surface area contributed by atoms with E-state index in [-0.39, 0.29) is 25.9 Å². The number of hydrogen-bond acceptors (Lipinski definition) is 3. The molecule has 4 aromatic carbocycles. The number of aromatic nitrogens is 2. The molecule has 0 bridgehead atoms. The summed E-state index contributed by atoms with van der Waals surface area (Å²) >= 11 is 0. The van der Waals surface area contributed by atoms with Gasteiger partial charge in [0.2, 0.25) is 0 Å². The third-order valence-corrected chi connectivity index (χ3v) is 10.4. The number of fused-ring (bicyclic) bond motifs is 3. The van der Waals surface area contributed by atoms with E-state index >= 15 is 0 Å². The van der Waals surface area contributed by atoms with Gasteiger partial charge in [-0.3, -0.25) is 0 Å². The largest absolute Gasteiger partial charge is 0.500 e. The molecule has 0 atom stereocenters. The maximum Gasteiger partial charge on any atom is 0.123 e. The van der Waals surface area contributed by atoms with Crippen LogP contribution in [-0.2, 0) is 20.1 Å². The minimum atomic E-state index is -1.50. The first-order valence-electron chi connectivity index (χ1n) is 17.2. The predicted octanol–water partition coefficient (Wildman–Crippen LogP) is 11.6. The Morgan fingerprint density at radius 2 is 1.45 bits per heavy atom. The Hall–Kier alpha value is -4.22. The number of furan rings is 1. The van der Waals surface area contributed by atoms with E-state index in [2.05, 4.69) is 53.9 Å². The smallest absolute Gasteiger partial charge is 0.123 e. The van der Waals surface area contributed by atoms with E-state index in [1.165, 1.54) is 17.3 Å². The van der Waals surface area contributed by atoms with Crippen molar-refractivity contribution >= 4 is 35.2 Å². The quantitative estimate of drug-likeness (QED) is 0.124. The maximum atomic E-state index is 13.3. The molecule has 0 spiro atoms. The molecule has 7 aromatic rings. The minimum absolute atomic E-state index is 0. The predicted molar refractivity (Wildman–Crippen MR) is 201 cm³/mol. The van der Waals surface area contributed by atoms with E-state index in [0.29, 0.717) is 0 Å². The topological polar surface area (TPSA) is 38.9 Å². The molecule has 0 saturated heterocycles. The van der Waals surface area contributed by atoms with Gasteiger partial charge in [-0.1, -0.05) is 94.2 Å². The van der Waals surface area contributed by atoms with Crippen LogP contribution < -0.4 is 5.19 Å². The van der Waals surface area contributed by atoms with Gasteiger partial charge in [-0.15, -0.1) is 59.7 Å². The number of benzene rings is 4. The average molecular weight is 843 g/mol. The van der Waals surface area contributed by atoms with Crippen LogP contribution in [0.25, 0.3) is 55.6 Å². The fourth-order valence-electron chi connectivity index (χ4n) is 5.75. The zero-order valence-corrected chi connectivity index (χ0v) is 32.3. The van der Waals surface area contributed by atoms with Gasteiger partial charge >= 0.3 is 0 Å². The summed E-state index contributed by atoms with van der Waals surface area (Å²) in [7, 11) is -1.50. The summed E-state index contributed by atoms with van der Waals surface area (Å²) in [6.45, 7) is 14.5. The number of halogens is 1. The van der Waals surface area contributed by atoms with E-state index in [4.69, 9.17) is 7.16 Å². The van der Waals surface area contributed by atoms with E-state index < -0.39 is 19.9 Å². The molecule has 1 radical (unpaired) electrons. The Morgan fingerprint density at radius 1 is 0.735 bits per heavy atom. The maximum absolute atomic E-state index is 13.3. The van der Waals surface area contributed by atoms with Crippen LogP contribution >= 0.6 is 0 Å². The molecule has 0 unspecified atom stereocenters. The van der Waals surface area contributed by atoms with Gasteiger partial charge in [-0.2, -0.15) is 0 Å². The summed E-state index contributed by atoms with van der Waals surface area (Å²) in [5, 5.41) is 3.23. The van der Waals surface area contributed by atoms with Gasteiger partial charge in [0, 0.05) is 40.6 Å². The summed E-state index contributed by atoms with van der Waals surface area (Å²) in [6.07, 6.45) is 3.72. The molecule has 49 heavy (non-hydrogen) atoms. The van der Waals surface area contributed by atoms with E-state index in [0.717, 1.165) is 66.7 Å². The van der Waals surface area contributed by atoms with Crippen LogP contribution in [-0.4, -0.2) is 18.0 Å². The molecule has 0 N–H and O–H groups in total. The Kier molecular flexibility index (Phi) is 10.3. The normalized spacial score (nSPS) is 12.5. The van der Waals surface area contributed by atoms with E-state index in [1.54, 1.807) is 18.3 Å². The fourth-order valence-corrected chi connectivity index (χ4v) is 7.33. The van der Waals surface area contributed by atoms with E-state index in [9.17, 15) is 4.39 Å². The molecule has 0 aliphatic carbocycles. The zero-order valence-electron chi connectivity index (χ0n) is 30.9. The first-order valence-corrected chi connectivity index (χ1v) is 19.7. The van der Waals surface area contributed by atoms with Crippen LogP contribution in [0, 0.1) is 17.9 Å². The molecule has 0 aliphatic heterocycles. The van der Waals surface area contributed by atoms with Crippen molar-refractivity contribution < 1.29 is 31.7 Å². The van der Waals surface area contributed by atoms with Crippen LogP contribution in [0.5, 0.6) is 0 Å². The summed E-state index contributed by atoms with van der Waals surface area (Å²) < 4.78 is 36.0. The van der Waals surface area contributed by atoms with Crippen molar-refractivity contribution in [3.05, 3.63) is 139 Å². The molecule has 3 heterocycles. The molecule has 7 rings (SSSR count). The summed E-state index contributed by atoms with van der Waals surface area (Å²) in [5.74, 6) is -1.56. The Bertz CT molecular complexity index is 2290. The second kappa shape index (κ2) is 15.1. The summed E-state index contributed by atoms with van der Waals surface area (Å²) in [5.41, 5.74) is 9.00. The zero-order chi connectivity index (χ0) is 35.8. The molecular formula is C43H41FIrN2OSi-2. The van der Waals surface area contributed by atoms with Gasteiger partial charge in [0.05, 0.1) is 13.7 Å². The number of pyridine rings is 2. The average Bonchev–Trinajstić information content (AvgIpc) is 3.45.